The lowest BCUT2D eigenvalue weighted by Crippen LogP contribution is -2.24. The van der Waals surface area contributed by atoms with E-state index in [1.54, 1.807) is 0 Å². The van der Waals surface area contributed by atoms with Crippen LogP contribution in [0, 0.1) is 0 Å². The summed E-state index contributed by atoms with van der Waals surface area (Å²) < 4.78 is 39.5. The van der Waals surface area contributed by atoms with Crippen LogP contribution in [0.25, 0.3) is 0 Å². The Morgan fingerprint density at radius 1 is 1.50 bits per heavy atom. The first-order valence-corrected chi connectivity index (χ1v) is 5.17. The van der Waals surface area contributed by atoms with E-state index in [2.05, 4.69) is 25.7 Å². The Hall–Kier alpha value is -1.02. The van der Waals surface area contributed by atoms with Crippen molar-refractivity contribution < 1.29 is 23.0 Å². The Bertz CT molecular complexity index is 430. The van der Waals surface area contributed by atoms with E-state index in [1.807, 2.05) is 0 Å². The molecule has 0 aliphatic rings. The normalized spacial score (nSPS) is 11.6. The van der Waals surface area contributed by atoms with Crippen molar-refractivity contribution in [3.63, 3.8) is 0 Å². The molecule has 2 N–H and O–H groups in total. The van der Waals surface area contributed by atoms with E-state index in [9.17, 15) is 18.0 Å². The van der Waals surface area contributed by atoms with Crippen molar-refractivity contribution in [1.82, 2.24) is 4.98 Å². The summed E-state index contributed by atoms with van der Waals surface area (Å²) in [5, 5.41) is 8.77. The topological polar surface area (TPSA) is 62.3 Å². The van der Waals surface area contributed by atoms with Crippen molar-refractivity contribution in [2.75, 3.05) is 0 Å². The zero-order valence-electron chi connectivity index (χ0n) is 7.77. The number of aliphatic hydroxyl groups excluding tert-OH is 1. The molecule has 0 aliphatic heterocycles. The van der Waals surface area contributed by atoms with E-state index in [1.165, 1.54) is 6.07 Å². The summed E-state index contributed by atoms with van der Waals surface area (Å²) in [5.74, 6) is -0.818. The van der Waals surface area contributed by atoms with Gasteiger partial charge in [-0.1, -0.05) is 15.9 Å². The van der Waals surface area contributed by atoms with E-state index in [4.69, 9.17) is 5.11 Å². The summed E-state index contributed by atoms with van der Waals surface area (Å²) >= 11 is 2.93. The second-order valence-corrected chi connectivity index (χ2v) is 3.38. The van der Waals surface area contributed by atoms with E-state index >= 15 is 0 Å². The van der Waals surface area contributed by atoms with Crippen molar-refractivity contribution in [2.45, 2.75) is 18.3 Å². The molecule has 0 unspecified atom stereocenters. The molecule has 0 saturated heterocycles. The lowest BCUT2D eigenvalue weighted by molar-refractivity contribution is -0.275. The summed E-state index contributed by atoms with van der Waals surface area (Å²) in [7, 11) is 0. The SMILES string of the molecule is O=c1[nH]c(CO)cc(CBr)c1OC(F)(F)F. The average Bonchev–Trinajstić information content (AvgIpc) is 2.19. The molecule has 0 radical (unpaired) electrons. The van der Waals surface area contributed by atoms with Gasteiger partial charge in [0.15, 0.2) is 5.75 Å². The molecule has 16 heavy (non-hydrogen) atoms. The molecule has 0 spiro atoms. The first kappa shape index (κ1) is 13.0. The predicted octanol–water partition coefficient (Wildman–Crippen LogP) is 1.66. The number of aromatic amines is 1. The lowest BCUT2D eigenvalue weighted by Gasteiger charge is -2.11. The number of hydrogen-bond acceptors (Lipinski definition) is 3. The molecule has 8 heteroatoms. The van der Waals surface area contributed by atoms with Crippen molar-refractivity contribution in [1.29, 1.82) is 0 Å². The predicted molar refractivity (Wildman–Crippen MR) is 52.3 cm³/mol. The van der Waals surface area contributed by atoms with Gasteiger partial charge in [0.2, 0.25) is 0 Å². The maximum atomic E-state index is 12.0. The van der Waals surface area contributed by atoms with Crippen LogP contribution in [0.4, 0.5) is 13.2 Å². The van der Waals surface area contributed by atoms with E-state index in [-0.39, 0.29) is 16.6 Å². The number of rotatable bonds is 3. The molecule has 0 fully saturated rings. The van der Waals surface area contributed by atoms with Crippen molar-refractivity contribution in [3.8, 4) is 5.75 Å². The number of halogens is 4. The van der Waals surface area contributed by atoms with Crippen LogP contribution < -0.4 is 10.3 Å². The van der Waals surface area contributed by atoms with Gasteiger partial charge < -0.3 is 14.8 Å². The van der Waals surface area contributed by atoms with Gasteiger partial charge in [-0.2, -0.15) is 0 Å². The van der Waals surface area contributed by atoms with E-state index in [0.29, 0.717) is 0 Å². The molecule has 90 valence electrons. The molecule has 4 nitrogen and oxygen atoms in total. The van der Waals surface area contributed by atoms with Gasteiger partial charge in [0, 0.05) is 16.6 Å². The van der Waals surface area contributed by atoms with Gasteiger partial charge in [0.25, 0.3) is 5.56 Å². The fourth-order valence-electron chi connectivity index (χ4n) is 1.07. The van der Waals surface area contributed by atoms with Gasteiger partial charge in [-0.15, -0.1) is 13.2 Å². The number of ether oxygens (including phenoxy) is 1. The maximum Gasteiger partial charge on any atom is 0.573 e. The van der Waals surface area contributed by atoms with Gasteiger partial charge in [-0.3, -0.25) is 4.79 Å². The van der Waals surface area contributed by atoms with Crippen LogP contribution >= 0.6 is 15.9 Å². The Kier molecular flexibility index (Phi) is 3.98. The number of alkyl halides is 4. The Balaban J connectivity index is 3.22. The molecule has 0 aliphatic carbocycles. The molecule has 1 heterocycles. The van der Waals surface area contributed by atoms with Crippen LogP contribution in [0.1, 0.15) is 11.3 Å². The first-order valence-electron chi connectivity index (χ1n) is 4.05. The molecular formula is C8H7BrF3NO3. The van der Waals surface area contributed by atoms with Crippen LogP contribution in [0.5, 0.6) is 5.75 Å². The minimum Gasteiger partial charge on any atom is -0.400 e. The standard InChI is InChI=1S/C8H7BrF3NO3/c9-2-4-1-5(3-14)13-7(15)6(4)16-8(10,11)12/h1,14H,2-3H2,(H,13,15). The molecule has 1 aromatic rings. The number of aliphatic hydroxyl groups is 1. The molecule has 0 saturated carbocycles. The Labute approximate surface area is 96.2 Å². The molecule has 0 aromatic carbocycles. The highest BCUT2D eigenvalue weighted by Gasteiger charge is 2.33. The van der Waals surface area contributed by atoms with Gasteiger partial charge in [-0.05, 0) is 6.07 Å². The van der Waals surface area contributed by atoms with Gasteiger partial charge in [0.05, 0.1) is 6.61 Å². The van der Waals surface area contributed by atoms with Crippen LogP contribution in [-0.2, 0) is 11.9 Å². The maximum absolute atomic E-state index is 12.0. The van der Waals surface area contributed by atoms with Gasteiger partial charge in [-0.25, -0.2) is 0 Å². The summed E-state index contributed by atoms with van der Waals surface area (Å²) in [6, 6.07) is 1.22. The molecule has 0 amide bonds. The van der Waals surface area contributed by atoms with Crippen LogP contribution in [0.3, 0.4) is 0 Å². The van der Waals surface area contributed by atoms with Gasteiger partial charge >= 0.3 is 6.36 Å². The first-order chi connectivity index (χ1) is 7.37. The van der Waals surface area contributed by atoms with Crippen molar-refractivity contribution in [2.24, 2.45) is 0 Å². The third-order valence-electron chi connectivity index (χ3n) is 1.65. The largest absolute Gasteiger partial charge is 0.573 e. The van der Waals surface area contributed by atoms with Crippen LogP contribution in [0.2, 0.25) is 0 Å². The third-order valence-corrected chi connectivity index (χ3v) is 2.26. The van der Waals surface area contributed by atoms with Gasteiger partial charge in [0.1, 0.15) is 0 Å². The second-order valence-electron chi connectivity index (χ2n) is 2.82. The number of pyridine rings is 1. The summed E-state index contributed by atoms with van der Waals surface area (Å²) in [5.41, 5.74) is -0.891. The molecule has 0 atom stereocenters. The highest BCUT2D eigenvalue weighted by atomic mass is 79.9. The highest BCUT2D eigenvalue weighted by Crippen LogP contribution is 2.24. The van der Waals surface area contributed by atoms with Crippen LogP contribution in [0.15, 0.2) is 10.9 Å². The van der Waals surface area contributed by atoms with E-state index < -0.39 is 24.3 Å². The monoisotopic (exact) mass is 301 g/mol. The van der Waals surface area contributed by atoms with Crippen molar-refractivity contribution in [3.05, 3.63) is 27.7 Å². The van der Waals surface area contributed by atoms with Crippen LogP contribution in [-0.4, -0.2) is 16.5 Å². The highest BCUT2D eigenvalue weighted by molar-refractivity contribution is 9.08. The molecular weight excluding hydrogens is 295 g/mol. The minimum atomic E-state index is -4.93. The number of nitrogens with one attached hydrogen (secondary N) is 1. The second kappa shape index (κ2) is 4.88. The third kappa shape index (κ3) is 3.24. The Morgan fingerprint density at radius 3 is 2.56 bits per heavy atom. The molecule has 1 aromatic heterocycles. The molecule has 1 rings (SSSR count). The summed E-state index contributed by atoms with van der Waals surface area (Å²) in [6.07, 6.45) is -4.93. The summed E-state index contributed by atoms with van der Waals surface area (Å²) in [6.45, 7) is -0.471. The summed E-state index contributed by atoms with van der Waals surface area (Å²) in [4.78, 5) is 13.3. The van der Waals surface area contributed by atoms with E-state index in [0.717, 1.165) is 0 Å². The zero-order valence-corrected chi connectivity index (χ0v) is 9.35. The lowest BCUT2D eigenvalue weighted by atomic mass is 10.2. The number of hydrogen-bond donors (Lipinski definition) is 2. The zero-order chi connectivity index (χ0) is 12.3. The quantitative estimate of drug-likeness (QED) is 0.835. The number of aromatic nitrogens is 1. The minimum absolute atomic E-state index is 0.00926. The fraction of sp³-hybridized carbons (Fsp3) is 0.375. The fourth-order valence-corrected chi connectivity index (χ4v) is 1.49. The number of H-pyrrole nitrogens is 1. The smallest absolute Gasteiger partial charge is 0.400 e. The Morgan fingerprint density at radius 2 is 2.12 bits per heavy atom. The molecule has 0 bridgehead atoms. The average molecular weight is 302 g/mol. The van der Waals surface area contributed by atoms with Crippen molar-refractivity contribution >= 4 is 15.9 Å².